The molecule has 0 atom stereocenters. The number of amides is 1. The minimum Gasteiger partial charge on any atom is -0.355 e. The molecule has 1 saturated heterocycles. The van der Waals surface area contributed by atoms with Crippen LogP contribution in [0.1, 0.15) is 27.5 Å². The maximum Gasteiger partial charge on any atom is 0.254 e. The number of anilines is 1. The maximum absolute atomic E-state index is 12.1. The van der Waals surface area contributed by atoms with Gasteiger partial charge in [-0.2, -0.15) is 0 Å². The standard InChI is InChI=1S/C17H23N5OS/c1-13-20-14(12-24-13)11-21-7-4-8-22(10-9-21)16-15(17(23)18-2)5-3-6-19-16/h3,5-6,12H,4,7-11H2,1-2H3,(H,18,23). The van der Waals surface area contributed by atoms with Gasteiger partial charge < -0.3 is 10.2 Å². The van der Waals surface area contributed by atoms with Crippen molar-refractivity contribution in [1.29, 1.82) is 0 Å². The SMILES string of the molecule is CNC(=O)c1cccnc1N1CCCN(Cc2csc(C)n2)CC1. The van der Waals surface area contributed by atoms with E-state index >= 15 is 0 Å². The van der Waals surface area contributed by atoms with E-state index in [1.807, 2.05) is 19.1 Å². The second-order valence-electron chi connectivity index (χ2n) is 5.93. The zero-order chi connectivity index (χ0) is 16.9. The van der Waals surface area contributed by atoms with Crippen molar-refractivity contribution < 1.29 is 4.79 Å². The first-order valence-corrected chi connectivity index (χ1v) is 9.10. The third kappa shape index (κ3) is 3.91. The number of aromatic nitrogens is 2. The van der Waals surface area contributed by atoms with Crippen molar-refractivity contribution in [2.24, 2.45) is 0 Å². The second kappa shape index (κ2) is 7.72. The molecule has 1 aliphatic heterocycles. The van der Waals surface area contributed by atoms with Gasteiger partial charge >= 0.3 is 0 Å². The molecule has 0 aliphatic carbocycles. The van der Waals surface area contributed by atoms with E-state index in [2.05, 4.69) is 30.5 Å². The van der Waals surface area contributed by atoms with Crippen molar-refractivity contribution in [2.45, 2.75) is 19.9 Å². The summed E-state index contributed by atoms with van der Waals surface area (Å²) in [6.07, 6.45) is 2.80. The number of aryl methyl sites for hydroxylation is 1. The summed E-state index contributed by atoms with van der Waals surface area (Å²) in [6.45, 7) is 6.69. The first kappa shape index (κ1) is 16.9. The van der Waals surface area contributed by atoms with Crippen molar-refractivity contribution in [3.05, 3.63) is 40.0 Å². The number of nitrogens with zero attached hydrogens (tertiary/aromatic N) is 4. The van der Waals surface area contributed by atoms with Crippen LogP contribution < -0.4 is 10.2 Å². The molecule has 0 bridgehead atoms. The zero-order valence-electron chi connectivity index (χ0n) is 14.2. The van der Waals surface area contributed by atoms with Gasteiger partial charge in [0.25, 0.3) is 5.91 Å². The van der Waals surface area contributed by atoms with Crippen LogP contribution in [0.4, 0.5) is 5.82 Å². The molecule has 0 unspecified atom stereocenters. The van der Waals surface area contributed by atoms with Gasteiger partial charge in [-0.25, -0.2) is 9.97 Å². The molecule has 0 radical (unpaired) electrons. The Hall–Kier alpha value is -1.99. The number of thiazole rings is 1. The normalized spacial score (nSPS) is 16.0. The van der Waals surface area contributed by atoms with E-state index in [9.17, 15) is 4.79 Å². The van der Waals surface area contributed by atoms with Crippen molar-refractivity contribution in [3.8, 4) is 0 Å². The highest BCUT2D eigenvalue weighted by Crippen LogP contribution is 2.20. The Morgan fingerprint density at radius 1 is 1.33 bits per heavy atom. The fourth-order valence-corrected chi connectivity index (χ4v) is 3.62. The molecular weight excluding hydrogens is 322 g/mol. The Morgan fingerprint density at radius 2 is 2.21 bits per heavy atom. The summed E-state index contributed by atoms with van der Waals surface area (Å²) in [4.78, 5) is 25.7. The monoisotopic (exact) mass is 345 g/mol. The summed E-state index contributed by atoms with van der Waals surface area (Å²) in [5, 5.41) is 5.95. The second-order valence-corrected chi connectivity index (χ2v) is 6.99. The van der Waals surface area contributed by atoms with Crippen LogP contribution in [0.15, 0.2) is 23.7 Å². The molecule has 128 valence electrons. The van der Waals surface area contributed by atoms with Crippen molar-refractivity contribution >= 4 is 23.1 Å². The summed E-state index contributed by atoms with van der Waals surface area (Å²) >= 11 is 1.70. The van der Waals surface area contributed by atoms with Crippen molar-refractivity contribution in [3.63, 3.8) is 0 Å². The molecule has 2 aromatic rings. The fourth-order valence-electron chi connectivity index (χ4n) is 3.01. The Labute approximate surface area is 146 Å². The third-order valence-corrected chi connectivity index (χ3v) is 5.02. The quantitative estimate of drug-likeness (QED) is 0.917. The first-order chi connectivity index (χ1) is 11.7. The number of nitrogens with one attached hydrogen (secondary N) is 1. The van der Waals surface area contributed by atoms with Gasteiger partial charge in [0.15, 0.2) is 0 Å². The lowest BCUT2D eigenvalue weighted by Crippen LogP contribution is -2.33. The van der Waals surface area contributed by atoms with Gasteiger partial charge in [0.05, 0.1) is 16.3 Å². The molecule has 0 aromatic carbocycles. The number of carbonyl (C=O) groups excluding carboxylic acids is 1. The molecule has 6 nitrogen and oxygen atoms in total. The van der Waals surface area contributed by atoms with Crippen LogP contribution in [0.5, 0.6) is 0 Å². The Bertz CT molecular complexity index is 702. The number of pyridine rings is 1. The summed E-state index contributed by atoms with van der Waals surface area (Å²) in [5.74, 6) is 0.695. The van der Waals surface area contributed by atoms with E-state index in [0.29, 0.717) is 5.56 Å². The molecular formula is C17H23N5OS. The van der Waals surface area contributed by atoms with E-state index in [-0.39, 0.29) is 5.91 Å². The average molecular weight is 345 g/mol. The highest BCUT2D eigenvalue weighted by atomic mass is 32.1. The van der Waals surface area contributed by atoms with Crippen LogP contribution in [0.2, 0.25) is 0 Å². The van der Waals surface area contributed by atoms with E-state index in [4.69, 9.17) is 0 Å². The Morgan fingerprint density at radius 3 is 2.96 bits per heavy atom. The molecule has 2 aromatic heterocycles. The summed E-state index contributed by atoms with van der Waals surface area (Å²) in [6, 6.07) is 3.64. The topological polar surface area (TPSA) is 61.4 Å². The summed E-state index contributed by atoms with van der Waals surface area (Å²) < 4.78 is 0. The molecule has 24 heavy (non-hydrogen) atoms. The molecule has 3 heterocycles. The van der Waals surface area contributed by atoms with Crippen molar-refractivity contribution in [2.75, 3.05) is 38.1 Å². The zero-order valence-corrected chi connectivity index (χ0v) is 15.0. The predicted octanol–water partition coefficient (Wildman–Crippen LogP) is 1.92. The van der Waals surface area contributed by atoms with Crippen LogP contribution in [0.25, 0.3) is 0 Å². The van der Waals surface area contributed by atoms with Crippen molar-refractivity contribution in [1.82, 2.24) is 20.2 Å². The van der Waals surface area contributed by atoms with Gasteiger partial charge in [-0.15, -0.1) is 11.3 Å². The van der Waals surface area contributed by atoms with Crippen LogP contribution in [0, 0.1) is 6.92 Å². The van der Waals surface area contributed by atoms with Crippen LogP contribution in [0.3, 0.4) is 0 Å². The first-order valence-electron chi connectivity index (χ1n) is 8.23. The lowest BCUT2D eigenvalue weighted by Gasteiger charge is -2.24. The molecule has 3 rings (SSSR count). The van der Waals surface area contributed by atoms with Crippen LogP contribution in [-0.2, 0) is 6.54 Å². The molecule has 0 spiro atoms. The largest absolute Gasteiger partial charge is 0.355 e. The van der Waals surface area contributed by atoms with E-state index in [0.717, 1.165) is 55.7 Å². The van der Waals surface area contributed by atoms with Gasteiger partial charge in [0, 0.05) is 51.3 Å². The van der Waals surface area contributed by atoms with Crippen LogP contribution in [-0.4, -0.2) is 54.0 Å². The highest BCUT2D eigenvalue weighted by Gasteiger charge is 2.21. The van der Waals surface area contributed by atoms with E-state index in [1.165, 1.54) is 0 Å². The fraction of sp³-hybridized carbons (Fsp3) is 0.471. The molecule has 0 saturated carbocycles. The van der Waals surface area contributed by atoms with Gasteiger partial charge in [-0.05, 0) is 25.5 Å². The molecule has 7 heteroatoms. The third-order valence-electron chi connectivity index (χ3n) is 4.20. The Kier molecular flexibility index (Phi) is 5.42. The smallest absolute Gasteiger partial charge is 0.254 e. The van der Waals surface area contributed by atoms with E-state index in [1.54, 1.807) is 24.6 Å². The van der Waals surface area contributed by atoms with E-state index < -0.39 is 0 Å². The number of hydrogen-bond donors (Lipinski definition) is 1. The maximum atomic E-state index is 12.1. The van der Waals surface area contributed by atoms with Gasteiger partial charge in [-0.1, -0.05) is 0 Å². The summed E-state index contributed by atoms with van der Waals surface area (Å²) in [7, 11) is 1.65. The minimum atomic E-state index is -0.0860. The highest BCUT2D eigenvalue weighted by molar-refractivity contribution is 7.09. The number of rotatable bonds is 4. The molecule has 1 N–H and O–H groups in total. The lowest BCUT2D eigenvalue weighted by atomic mass is 10.2. The minimum absolute atomic E-state index is 0.0860. The molecule has 1 amide bonds. The lowest BCUT2D eigenvalue weighted by molar-refractivity contribution is 0.0963. The predicted molar refractivity (Wildman–Crippen MR) is 96.6 cm³/mol. The average Bonchev–Trinajstić information content (AvgIpc) is 2.87. The van der Waals surface area contributed by atoms with Gasteiger partial charge in [0.2, 0.25) is 0 Å². The van der Waals surface area contributed by atoms with Crippen LogP contribution >= 0.6 is 11.3 Å². The van der Waals surface area contributed by atoms with Gasteiger partial charge in [-0.3, -0.25) is 9.69 Å². The number of hydrogen-bond acceptors (Lipinski definition) is 6. The number of carbonyl (C=O) groups is 1. The summed E-state index contributed by atoms with van der Waals surface area (Å²) in [5.41, 5.74) is 1.79. The van der Waals surface area contributed by atoms with Gasteiger partial charge in [0.1, 0.15) is 5.82 Å². The Balaban J connectivity index is 1.68. The molecule has 1 aliphatic rings. The molecule has 1 fully saturated rings.